The van der Waals surface area contributed by atoms with Crippen molar-refractivity contribution >= 4 is 17.3 Å². The number of rotatable bonds is 3. The highest BCUT2D eigenvalue weighted by Crippen LogP contribution is 2.33. The first-order valence-electron chi connectivity index (χ1n) is 6.36. The van der Waals surface area contributed by atoms with Gasteiger partial charge in [0.1, 0.15) is 5.01 Å². The van der Waals surface area contributed by atoms with Crippen molar-refractivity contribution in [3.63, 3.8) is 0 Å². The van der Waals surface area contributed by atoms with Crippen LogP contribution in [0.3, 0.4) is 0 Å². The van der Waals surface area contributed by atoms with Crippen LogP contribution < -0.4 is 0 Å². The molecule has 1 aromatic heterocycles. The van der Waals surface area contributed by atoms with Crippen LogP contribution in [0, 0.1) is 0 Å². The fourth-order valence-electron chi connectivity index (χ4n) is 1.98. The van der Waals surface area contributed by atoms with Crippen molar-refractivity contribution in [1.82, 2.24) is 4.98 Å². The van der Waals surface area contributed by atoms with E-state index in [0.717, 1.165) is 11.3 Å². The third kappa shape index (κ3) is 2.64. The Balaban J connectivity index is 1.93. The second-order valence-corrected chi connectivity index (χ2v) is 5.48. The Labute approximate surface area is 129 Å². The molecule has 0 saturated heterocycles. The third-order valence-electron chi connectivity index (χ3n) is 3.15. The van der Waals surface area contributed by atoms with E-state index in [9.17, 15) is 15.0 Å². The Kier molecular flexibility index (Phi) is 3.52. The Bertz CT molecular complexity index is 840. The molecule has 0 atom stereocenters. The van der Waals surface area contributed by atoms with Crippen LogP contribution in [-0.4, -0.2) is 26.3 Å². The lowest BCUT2D eigenvalue weighted by atomic mass is 10.1. The normalized spacial score (nSPS) is 10.5. The highest BCUT2D eigenvalue weighted by molar-refractivity contribution is 7.13. The monoisotopic (exact) mass is 313 g/mol. The third-order valence-corrected chi connectivity index (χ3v) is 4.05. The van der Waals surface area contributed by atoms with E-state index in [1.165, 1.54) is 35.6 Å². The molecule has 3 rings (SSSR count). The van der Waals surface area contributed by atoms with Gasteiger partial charge in [-0.1, -0.05) is 12.1 Å². The molecule has 0 saturated carbocycles. The van der Waals surface area contributed by atoms with Crippen LogP contribution in [0.1, 0.15) is 10.4 Å². The van der Waals surface area contributed by atoms with Crippen LogP contribution >= 0.6 is 11.3 Å². The summed E-state index contributed by atoms with van der Waals surface area (Å²) in [4.78, 5) is 15.3. The fourth-order valence-corrected chi connectivity index (χ4v) is 2.81. The molecule has 0 radical (unpaired) electrons. The van der Waals surface area contributed by atoms with Crippen LogP contribution in [-0.2, 0) is 0 Å². The molecule has 0 spiro atoms. The van der Waals surface area contributed by atoms with E-state index in [1.807, 2.05) is 5.38 Å². The van der Waals surface area contributed by atoms with E-state index in [1.54, 1.807) is 18.2 Å². The fraction of sp³-hybridized carbons (Fsp3) is 0. The maximum absolute atomic E-state index is 10.8. The number of thiazole rings is 1. The van der Waals surface area contributed by atoms with E-state index < -0.39 is 5.97 Å². The molecular formula is C16H11NO4S. The van der Waals surface area contributed by atoms with Gasteiger partial charge in [0.15, 0.2) is 11.5 Å². The molecule has 22 heavy (non-hydrogen) atoms. The first-order chi connectivity index (χ1) is 10.5. The molecule has 3 aromatic rings. The maximum Gasteiger partial charge on any atom is 0.335 e. The number of aromatic nitrogens is 1. The van der Waals surface area contributed by atoms with Crippen LogP contribution in [0.15, 0.2) is 47.8 Å². The van der Waals surface area contributed by atoms with Gasteiger partial charge in [-0.05, 0) is 30.3 Å². The maximum atomic E-state index is 10.8. The van der Waals surface area contributed by atoms with E-state index >= 15 is 0 Å². The number of nitrogens with zero attached hydrogens (tertiary/aromatic N) is 1. The summed E-state index contributed by atoms with van der Waals surface area (Å²) >= 11 is 1.40. The predicted octanol–water partition coefficient (Wildman–Crippen LogP) is 3.59. The average molecular weight is 313 g/mol. The standard InChI is InChI=1S/C16H11NO4S/c18-13-6-5-11(7-14(13)19)15-17-12(8-22-15)9-1-3-10(4-2-9)16(20)21/h1-8,18-19H,(H,20,21). The van der Waals surface area contributed by atoms with Gasteiger partial charge < -0.3 is 15.3 Å². The summed E-state index contributed by atoms with van der Waals surface area (Å²) < 4.78 is 0. The van der Waals surface area contributed by atoms with Crippen molar-refractivity contribution in [1.29, 1.82) is 0 Å². The van der Waals surface area contributed by atoms with Gasteiger partial charge in [0.05, 0.1) is 11.3 Å². The van der Waals surface area contributed by atoms with Crippen LogP contribution in [0.5, 0.6) is 11.5 Å². The Morgan fingerprint density at radius 1 is 0.955 bits per heavy atom. The van der Waals surface area contributed by atoms with Crippen molar-refractivity contribution in [2.24, 2.45) is 0 Å². The zero-order valence-electron chi connectivity index (χ0n) is 11.2. The number of carbonyl (C=O) groups is 1. The van der Waals surface area contributed by atoms with Gasteiger partial charge in [0, 0.05) is 16.5 Å². The molecule has 0 aliphatic rings. The molecule has 5 nitrogen and oxygen atoms in total. The number of phenolic OH excluding ortho intramolecular Hbond substituents is 2. The number of hydrogen-bond acceptors (Lipinski definition) is 5. The molecule has 0 unspecified atom stereocenters. The Morgan fingerprint density at radius 2 is 1.64 bits per heavy atom. The molecule has 2 aromatic carbocycles. The molecule has 0 amide bonds. The summed E-state index contributed by atoms with van der Waals surface area (Å²) in [6.07, 6.45) is 0. The number of carboxylic acids is 1. The summed E-state index contributed by atoms with van der Waals surface area (Å²) in [7, 11) is 0. The van der Waals surface area contributed by atoms with E-state index in [4.69, 9.17) is 5.11 Å². The zero-order chi connectivity index (χ0) is 15.7. The molecule has 0 aliphatic carbocycles. The Morgan fingerprint density at radius 3 is 2.27 bits per heavy atom. The average Bonchev–Trinajstić information content (AvgIpc) is 3.00. The van der Waals surface area contributed by atoms with E-state index in [-0.39, 0.29) is 17.1 Å². The predicted molar refractivity (Wildman–Crippen MR) is 83.3 cm³/mol. The minimum absolute atomic E-state index is 0.176. The summed E-state index contributed by atoms with van der Waals surface area (Å²) in [5.41, 5.74) is 2.47. The van der Waals surface area contributed by atoms with Crippen molar-refractivity contribution in [2.75, 3.05) is 0 Å². The summed E-state index contributed by atoms with van der Waals surface area (Å²) in [6.45, 7) is 0. The summed E-state index contributed by atoms with van der Waals surface area (Å²) in [5, 5.41) is 30.3. The highest BCUT2D eigenvalue weighted by Gasteiger charge is 2.10. The van der Waals surface area contributed by atoms with Gasteiger partial charge in [-0.15, -0.1) is 11.3 Å². The summed E-state index contributed by atoms with van der Waals surface area (Å²) in [5.74, 6) is -1.34. The molecule has 3 N–H and O–H groups in total. The second-order valence-electron chi connectivity index (χ2n) is 4.62. The van der Waals surface area contributed by atoms with E-state index in [0.29, 0.717) is 10.6 Å². The summed E-state index contributed by atoms with van der Waals surface area (Å²) in [6, 6.07) is 11.0. The topological polar surface area (TPSA) is 90.7 Å². The largest absolute Gasteiger partial charge is 0.504 e. The van der Waals surface area contributed by atoms with Crippen molar-refractivity contribution in [2.45, 2.75) is 0 Å². The smallest absolute Gasteiger partial charge is 0.335 e. The van der Waals surface area contributed by atoms with Gasteiger partial charge in [-0.3, -0.25) is 0 Å². The van der Waals surface area contributed by atoms with Gasteiger partial charge in [-0.25, -0.2) is 9.78 Å². The molecule has 1 heterocycles. The SMILES string of the molecule is O=C(O)c1ccc(-c2csc(-c3ccc(O)c(O)c3)n2)cc1. The highest BCUT2D eigenvalue weighted by atomic mass is 32.1. The van der Waals surface area contributed by atoms with Crippen molar-refractivity contribution in [3.05, 3.63) is 53.4 Å². The minimum atomic E-state index is -0.968. The molecule has 110 valence electrons. The van der Waals surface area contributed by atoms with Crippen LogP contribution in [0.2, 0.25) is 0 Å². The number of carboxylic acid groups (broad SMARTS) is 1. The number of aromatic hydroxyl groups is 2. The lowest BCUT2D eigenvalue weighted by molar-refractivity contribution is 0.0697. The molecular weight excluding hydrogens is 302 g/mol. The first kappa shape index (κ1) is 14.1. The number of aromatic carboxylic acids is 1. The van der Waals surface area contributed by atoms with Gasteiger partial charge >= 0.3 is 5.97 Å². The molecule has 0 aliphatic heterocycles. The van der Waals surface area contributed by atoms with Gasteiger partial charge in [0.25, 0.3) is 0 Å². The zero-order valence-corrected chi connectivity index (χ0v) is 12.0. The van der Waals surface area contributed by atoms with Crippen molar-refractivity contribution < 1.29 is 20.1 Å². The molecule has 0 fully saturated rings. The number of hydrogen-bond donors (Lipinski definition) is 3. The number of benzene rings is 2. The Hall–Kier alpha value is -2.86. The lowest BCUT2D eigenvalue weighted by Crippen LogP contribution is -1.94. The quantitative estimate of drug-likeness (QED) is 0.643. The van der Waals surface area contributed by atoms with Crippen molar-refractivity contribution in [3.8, 4) is 33.3 Å². The number of phenols is 2. The van der Waals surface area contributed by atoms with Gasteiger partial charge in [-0.2, -0.15) is 0 Å². The molecule has 6 heteroatoms. The first-order valence-corrected chi connectivity index (χ1v) is 7.24. The lowest BCUT2D eigenvalue weighted by Gasteiger charge is -2.00. The van der Waals surface area contributed by atoms with Gasteiger partial charge in [0.2, 0.25) is 0 Å². The molecule has 0 bridgehead atoms. The van der Waals surface area contributed by atoms with Crippen LogP contribution in [0.4, 0.5) is 0 Å². The van der Waals surface area contributed by atoms with E-state index in [2.05, 4.69) is 4.98 Å². The second kappa shape index (κ2) is 5.50. The van der Waals surface area contributed by atoms with Crippen LogP contribution in [0.25, 0.3) is 21.8 Å². The minimum Gasteiger partial charge on any atom is -0.504 e.